The lowest BCUT2D eigenvalue weighted by molar-refractivity contribution is -0.134. The number of rotatable bonds is 3. The number of carbonyl (C=O) groups is 1. The van der Waals surface area contributed by atoms with Crippen LogP contribution in [0.2, 0.25) is 0 Å². The number of carbonyl (C=O) groups excluding carboxylic acids is 1. The van der Waals surface area contributed by atoms with Gasteiger partial charge in [-0.2, -0.15) is 0 Å². The van der Waals surface area contributed by atoms with Crippen LogP contribution < -0.4 is 11.1 Å². The van der Waals surface area contributed by atoms with Gasteiger partial charge in [-0.25, -0.2) is 4.98 Å². The number of likely N-dealkylation sites (N-methyl/N-ethyl adjacent to an activating group) is 1. The lowest BCUT2D eigenvalue weighted by Gasteiger charge is -2.45. The van der Waals surface area contributed by atoms with E-state index in [0.29, 0.717) is 11.2 Å². The van der Waals surface area contributed by atoms with Crippen LogP contribution in [0.25, 0.3) is 0 Å². The molecule has 0 unspecified atom stereocenters. The summed E-state index contributed by atoms with van der Waals surface area (Å²) < 4.78 is 0. The molecule has 108 valence electrons. The fraction of sp³-hybridized carbons (Fsp3) is 0.714. The molecule has 20 heavy (non-hydrogen) atoms. The number of nitrogens with one attached hydrogen (secondary N) is 1. The fourth-order valence-electron chi connectivity index (χ4n) is 4.09. The van der Waals surface area contributed by atoms with E-state index in [1.807, 2.05) is 0 Å². The average molecular weight is 292 g/mol. The number of nitrogens with two attached hydrogens (primary N) is 1. The van der Waals surface area contributed by atoms with E-state index in [1.165, 1.54) is 4.88 Å². The summed E-state index contributed by atoms with van der Waals surface area (Å²) in [6, 6.07) is 0.428. The van der Waals surface area contributed by atoms with Crippen LogP contribution in [-0.2, 0) is 10.2 Å². The van der Waals surface area contributed by atoms with E-state index in [-0.39, 0.29) is 16.9 Å². The maximum absolute atomic E-state index is 12.5. The zero-order valence-electron chi connectivity index (χ0n) is 11.9. The molecule has 2 aliphatic carbocycles. The van der Waals surface area contributed by atoms with Gasteiger partial charge in [0.1, 0.15) is 5.54 Å². The van der Waals surface area contributed by atoms with Crippen LogP contribution in [0.5, 0.6) is 0 Å². The number of anilines is 1. The molecule has 2 bridgehead atoms. The monoisotopic (exact) mass is 292 g/mol. The first kappa shape index (κ1) is 12.6. The van der Waals surface area contributed by atoms with Crippen LogP contribution in [0.4, 0.5) is 5.13 Å². The molecule has 2 saturated carbocycles. The molecule has 5 nitrogen and oxygen atoms in total. The molecule has 3 N–H and O–H groups in total. The van der Waals surface area contributed by atoms with Gasteiger partial charge in [-0.15, -0.1) is 11.3 Å². The quantitative estimate of drug-likeness (QED) is 0.873. The number of aromatic nitrogens is 1. The molecule has 0 spiro atoms. The highest BCUT2D eigenvalue weighted by atomic mass is 32.1. The summed E-state index contributed by atoms with van der Waals surface area (Å²) in [5.41, 5.74) is 6.71. The molecule has 4 aliphatic rings. The third-order valence-electron chi connectivity index (χ3n) is 5.18. The summed E-state index contributed by atoms with van der Waals surface area (Å²) in [6.07, 6.45) is 4.05. The van der Waals surface area contributed by atoms with Gasteiger partial charge in [-0.3, -0.25) is 9.69 Å². The van der Waals surface area contributed by atoms with E-state index in [0.717, 1.165) is 37.9 Å². The second-order valence-electron chi connectivity index (χ2n) is 6.73. The van der Waals surface area contributed by atoms with Gasteiger partial charge in [0.25, 0.3) is 0 Å². The molecule has 4 fully saturated rings. The number of nitrogens with zero attached hydrogens (tertiary/aromatic N) is 2. The van der Waals surface area contributed by atoms with E-state index in [4.69, 9.17) is 5.73 Å². The van der Waals surface area contributed by atoms with Crippen LogP contribution in [0.1, 0.15) is 36.3 Å². The Labute approximate surface area is 122 Å². The Morgan fingerprint density at radius 2 is 2.20 bits per heavy atom. The van der Waals surface area contributed by atoms with Gasteiger partial charge in [0.2, 0.25) is 5.91 Å². The number of nitrogen functional groups attached to an aromatic ring is 1. The molecule has 5 rings (SSSR count). The Balaban J connectivity index is 1.60. The number of hydrogen-bond donors (Lipinski definition) is 2. The smallest absolute Gasteiger partial charge is 0.240 e. The Kier molecular flexibility index (Phi) is 2.35. The summed E-state index contributed by atoms with van der Waals surface area (Å²) in [7, 11) is 2.06. The van der Waals surface area contributed by atoms with Crippen molar-refractivity contribution in [2.24, 2.45) is 0 Å². The van der Waals surface area contributed by atoms with Gasteiger partial charge in [0, 0.05) is 22.9 Å². The number of aryl methyl sites for hydroxylation is 1. The topological polar surface area (TPSA) is 71.2 Å². The van der Waals surface area contributed by atoms with Crippen molar-refractivity contribution >= 4 is 22.4 Å². The van der Waals surface area contributed by atoms with E-state index >= 15 is 0 Å². The first-order valence-electron chi connectivity index (χ1n) is 7.21. The first-order valence-corrected chi connectivity index (χ1v) is 8.02. The predicted molar refractivity (Wildman–Crippen MR) is 78.7 cm³/mol. The van der Waals surface area contributed by atoms with Crippen molar-refractivity contribution in [2.75, 3.05) is 19.3 Å². The lowest BCUT2D eigenvalue weighted by atomic mass is 9.59. The van der Waals surface area contributed by atoms with Crippen LogP contribution in [0.15, 0.2) is 0 Å². The number of hydrogen-bond acceptors (Lipinski definition) is 5. The Morgan fingerprint density at radius 3 is 2.75 bits per heavy atom. The van der Waals surface area contributed by atoms with Crippen molar-refractivity contribution < 1.29 is 4.79 Å². The first-order chi connectivity index (χ1) is 9.45. The van der Waals surface area contributed by atoms with Gasteiger partial charge in [0.15, 0.2) is 5.13 Å². The van der Waals surface area contributed by atoms with Gasteiger partial charge >= 0.3 is 0 Å². The van der Waals surface area contributed by atoms with Crippen molar-refractivity contribution in [3.05, 3.63) is 10.6 Å². The van der Waals surface area contributed by atoms with E-state index in [2.05, 4.69) is 29.2 Å². The van der Waals surface area contributed by atoms with Crippen molar-refractivity contribution in [2.45, 2.75) is 49.6 Å². The predicted octanol–water partition coefficient (Wildman–Crippen LogP) is 1.03. The number of thiazole rings is 1. The summed E-state index contributed by atoms with van der Waals surface area (Å²) in [5, 5.41) is 3.81. The van der Waals surface area contributed by atoms with Gasteiger partial charge in [-0.05, 0) is 39.7 Å². The van der Waals surface area contributed by atoms with E-state index < -0.39 is 0 Å². The van der Waals surface area contributed by atoms with Crippen LogP contribution >= 0.6 is 11.3 Å². The number of fused-ring (bicyclic) bond motifs is 1. The molecule has 0 atom stereocenters. The van der Waals surface area contributed by atoms with Crippen molar-refractivity contribution in [3.63, 3.8) is 0 Å². The average Bonchev–Trinajstić information content (AvgIpc) is 2.91. The molecule has 0 aromatic carbocycles. The van der Waals surface area contributed by atoms with Gasteiger partial charge in [-0.1, -0.05) is 0 Å². The number of amides is 1. The van der Waals surface area contributed by atoms with Crippen molar-refractivity contribution in [3.8, 4) is 0 Å². The molecule has 2 saturated heterocycles. The van der Waals surface area contributed by atoms with Crippen molar-refractivity contribution in [1.82, 2.24) is 15.2 Å². The van der Waals surface area contributed by atoms with E-state index in [9.17, 15) is 4.79 Å². The SMILES string of the molecule is Cc1sc(N)nc1C12CN(C)C(C(=O)NC3CC3)(C1)C2. The van der Waals surface area contributed by atoms with E-state index in [1.54, 1.807) is 11.3 Å². The lowest BCUT2D eigenvalue weighted by Crippen LogP contribution is -2.60. The zero-order valence-corrected chi connectivity index (χ0v) is 12.7. The highest BCUT2D eigenvalue weighted by Gasteiger charge is 2.69. The zero-order chi connectivity index (χ0) is 14.1. The molecule has 1 aromatic heterocycles. The molecular formula is C14H20N4OS. The maximum Gasteiger partial charge on any atom is 0.240 e. The summed E-state index contributed by atoms with van der Waals surface area (Å²) in [6.45, 7) is 3.00. The Bertz CT molecular complexity index is 586. The van der Waals surface area contributed by atoms with Gasteiger partial charge in [0.05, 0.1) is 5.69 Å². The molecule has 6 heteroatoms. The maximum atomic E-state index is 12.5. The highest BCUT2D eigenvalue weighted by molar-refractivity contribution is 7.15. The minimum absolute atomic E-state index is 0.0494. The second kappa shape index (κ2) is 3.74. The van der Waals surface area contributed by atoms with Crippen LogP contribution in [0.3, 0.4) is 0 Å². The molecule has 1 amide bonds. The third-order valence-corrected chi connectivity index (χ3v) is 5.98. The molecule has 1 aromatic rings. The summed E-state index contributed by atoms with van der Waals surface area (Å²) in [4.78, 5) is 20.5. The van der Waals surface area contributed by atoms with Crippen LogP contribution in [-0.4, -0.2) is 41.0 Å². The minimum atomic E-state index is -0.298. The van der Waals surface area contributed by atoms with Crippen LogP contribution in [0, 0.1) is 6.92 Å². The highest BCUT2D eigenvalue weighted by Crippen LogP contribution is 2.60. The molecule has 2 aliphatic heterocycles. The van der Waals surface area contributed by atoms with Gasteiger partial charge < -0.3 is 11.1 Å². The summed E-state index contributed by atoms with van der Waals surface area (Å²) in [5.74, 6) is 0.219. The molecule has 3 heterocycles. The Morgan fingerprint density at radius 1 is 1.50 bits per heavy atom. The third kappa shape index (κ3) is 1.52. The molecular weight excluding hydrogens is 272 g/mol. The van der Waals surface area contributed by atoms with Crippen molar-refractivity contribution in [1.29, 1.82) is 0 Å². The standard InChI is InChI=1S/C14H20N4OS/c1-8-10(17-12(15)20-8)13-5-14(6-13,18(2)7-13)11(19)16-9-3-4-9/h9H,3-7H2,1-2H3,(H2,15,17)(H,16,19). The largest absolute Gasteiger partial charge is 0.375 e. The molecule has 0 radical (unpaired) electrons. The fourth-order valence-corrected chi connectivity index (χ4v) is 4.90. The minimum Gasteiger partial charge on any atom is -0.375 e. The Hall–Kier alpha value is -1.14. The summed E-state index contributed by atoms with van der Waals surface area (Å²) >= 11 is 1.56. The normalized spacial score (nSPS) is 35.9. The second-order valence-corrected chi connectivity index (χ2v) is 7.96.